The van der Waals surface area contributed by atoms with Crippen LogP contribution in [0, 0.1) is 6.92 Å². The lowest BCUT2D eigenvalue weighted by Crippen LogP contribution is -2.24. The molecule has 0 atom stereocenters. The molecule has 1 aromatic carbocycles. The summed E-state index contributed by atoms with van der Waals surface area (Å²) in [5.74, 6) is 0.484. The van der Waals surface area contributed by atoms with E-state index in [0.29, 0.717) is 22.3 Å². The Balaban J connectivity index is 1.99. The third-order valence-electron chi connectivity index (χ3n) is 4.12. The van der Waals surface area contributed by atoms with Crippen LogP contribution >= 0.6 is 0 Å². The minimum absolute atomic E-state index is 0.0808. The van der Waals surface area contributed by atoms with Crippen LogP contribution in [0.3, 0.4) is 0 Å². The summed E-state index contributed by atoms with van der Waals surface area (Å²) in [5.41, 5.74) is 2.02. The quantitative estimate of drug-likeness (QED) is 0.762. The van der Waals surface area contributed by atoms with Crippen molar-refractivity contribution in [1.29, 1.82) is 0 Å². The number of nitrogens with one attached hydrogen (secondary N) is 1. The number of aryl methyl sites for hydroxylation is 1. The SMILES string of the molecule is Cc1ccc(CNc2ncnc3ccc(S(C)(=O)=O)cc23)c(=O)n1C. The van der Waals surface area contributed by atoms with Crippen LogP contribution in [0.4, 0.5) is 5.82 Å². The second kappa shape index (κ2) is 6.29. The zero-order valence-corrected chi connectivity index (χ0v) is 15.0. The van der Waals surface area contributed by atoms with Crippen molar-refractivity contribution in [2.75, 3.05) is 11.6 Å². The van der Waals surface area contributed by atoms with E-state index in [2.05, 4.69) is 15.3 Å². The number of aromatic nitrogens is 3. The molecule has 7 nitrogen and oxygen atoms in total. The van der Waals surface area contributed by atoms with Gasteiger partial charge in [-0.3, -0.25) is 4.79 Å². The Bertz CT molecular complexity index is 1120. The van der Waals surface area contributed by atoms with Gasteiger partial charge < -0.3 is 9.88 Å². The van der Waals surface area contributed by atoms with Gasteiger partial charge in [-0.05, 0) is 31.2 Å². The molecular weight excluding hydrogens is 340 g/mol. The zero-order valence-electron chi connectivity index (χ0n) is 14.1. The van der Waals surface area contributed by atoms with Crippen molar-refractivity contribution in [2.45, 2.75) is 18.4 Å². The highest BCUT2D eigenvalue weighted by molar-refractivity contribution is 7.90. The average molecular weight is 358 g/mol. The topological polar surface area (TPSA) is 94.0 Å². The molecule has 0 unspecified atom stereocenters. The van der Waals surface area contributed by atoms with Crippen LogP contribution in [0.25, 0.3) is 10.9 Å². The maximum atomic E-state index is 12.3. The largest absolute Gasteiger partial charge is 0.365 e. The molecule has 8 heteroatoms. The number of hydrogen-bond acceptors (Lipinski definition) is 6. The Morgan fingerprint density at radius 2 is 1.92 bits per heavy atom. The number of benzene rings is 1. The first-order valence-corrected chi connectivity index (χ1v) is 9.51. The van der Waals surface area contributed by atoms with E-state index in [9.17, 15) is 13.2 Å². The molecule has 3 rings (SSSR count). The molecule has 0 radical (unpaired) electrons. The monoisotopic (exact) mass is 358 g/mol. The molecule has 0 amide bonds. The Kier molecular flexibility index (Phi) is 4.30. The molecule has 0 spiro atoms. The van der Waals surface area contributed by atoms with Crippen molar-refractivity contribution in [3.63, 3.8) is 0 Å². The van der Waals surface area contributed by atoms with E-state index in [1.807, 2.05) is 13.0 Å². The van der Waals surface area contributed by atoms with E-state index in [1.54, 1.807) is 29.8 Å². The first kappa shape index (κ1) is 17.1. The van der Waals surface area contributed by atoms with Gasteiger partial charge in [-0.1, -0.05) is 6.07 Å². The molecule has 0 saturated carbocycles. The van der Waals surface area contributed by atoms with Gasteiger partial charge in [0.1, 0.15) is 12.1 Å². The third kappa shape index (κ3) is 3.39. The van der Waals surface area contributed by atoms with Gasteiger partial charge in [0.2, 0.25) is 0 Å². The lowest BCUT2D eigenvalue weighted by atomic mass is 10.2. The predicted molar refractivity (Wildman–Crippen MR) is 96.4 cm³/mol. The van der Waals surface area contributed by atoms with E-state index in [1.165, 1.54) is 12.4 Å². The molecule has 2 aromatic heterocycles. The molecule has 1 N–H and O–H groups in total. The minimum atomic E-state index is -3.33. The lowest BCUT2D eigenvalue weighted by molar-refractivity contribution is 0.602. The minimum Gasteiger partial charge on any atom is -0.365 e. The number of anilines is 1. The molecule has 0 fully saturated rings. The van der Waals surface area contributed by atoms with Crippen molar-refractivity contribution < 1.29 is 8.42 Å². The summed E-state index contributed by atoms with van der Waals surface area (Å²) in [6.45, 7) is 2.14. The van der Waals surface area contributed by atoms with Gasteiger partial charge in [-0.15, -0.1) is 0 Å². The Hall–Kier alpha value is -2.74. The smallest absolute Gasteiger partial charge is 0.255 e. The first-order valence-electron chi connectivity index (χ1n) is 7.61. The summed E-state index contributed by atoms with van der Waals surface area (Å²) in [6, 6.07) is 8.35. The van der Waals surface area contributed by atoms with Crippen molar-refractivity contribution in [2.24, 2.45) is 7.05 Å². The van der Waals surface area contributed by atoms with Crippen LogP contribution in [0.1, 0.15) is 11.3 Å². The molecule has 2 heterocycles. The van der Waals surface area contributed by atoms with Crippen molar-refractivity contribution in [1.82, 2.24) is 14.5 Å². The Labute approximate surface area is 145 Å². The Morgan fingerprint density at radius 3 is 2.64 bits per heavy atom. The fraction of sp³-hybridized carbons (Fsp3) is 0.235. The normalized spacial score (nSPS) is 11.6. The van der Waals surface area contributed by atoms with E-state index in [4.69, 9.17) is 0 Å². The molecule has 130 valence electrons. The molecule has 0 bridgehead atoms. The molecule has 0 aliphatic heterocycles. The van der Waals surface area contributed by atoms with Crippen LogP contribution < -0.4 is 10.9 Å². The molecular formula is C17H18N4O3S. The van der Waals surface area contributed by atoms with Crippen molar-refractivity contribution >= 4 is 26.6 Å². The van der Waals surface area contributed by atoms with Gasteiger partial charge in [-0.25, -0.2) is 18.4 Å². The average Bonchev–Trinajstić information content (AvgIpc) is 2.58. The summed E-state index contributed by atoms with van der Waals surface area (Å²) in [7, 11) is -1.61. The molecule has 3 aromatic rings. The predicted octanol–water partition coefficient (Wildman–Crippen LogP) is 1.65. The molecule has 0 aliphatic rings. The molecule has 25 heavy (non-hydrogen) atoms. The van der Waals surface area contributed by atoms with Gasteiger partial charge in [-0.2, -0.15) is 0 Å². The Morgan fingerprint density at radius 1 is 1.16 bits per heavy atom. The number of pyridine rings is 1. The second-order valence-corrected chi connectivity index (χ2v) is 7.91. The van der Waals surface area contributed by atoms with E-state index >= 15 is 0 Å². The van der Waals surface area contributed by atoms with E-state index in [-0.39, 0.29) is 17.0 Å². The summed E-state index contributed by atoms with van der Waals surface area (Å²) in [6.07, 6.45) is 2.55. The molecule has 0 saturated heterocycles. The highest BCUT2D eigenvalue weighted by Gasteiger charge is 2.11. The fourth-order valence-electron chi connectivity index (χ4n) is 2.50. The van der Waals surface area contributed by atoms with Gasteiger partial charge in [0.05, 0.1) is 10.4 Å². The number of rotatable bonds is 4. The van der Waals surface area contributed by atoms with Crippen molar-refractivity contribution in [3.05, 3.63) is 58.3 Å². The zero-order chi connectivity index (χ0) is 18.2. The summed E-state index contributed by atoms with van der Waals surface area (Å²) in [4.78, 5) is 20.8. The van der Waals surface area contributed by atoms with Crippen LogP contribution in [-0.4, -0.2) is 29.2 Å². The number of hydrogen-bond donors (Lipinski definition) is 1. The fourth-order valence-corrected chi connectivity index (χ4v) is 3.15. The van der Waals surface area contributed by atoms with Gasteiger partial charge in [0, 0.05) is 36.5 Å². The van der Waals surface area contributed by atoms with E-state index < -0.39 is 9.84 Å². The highest BCUT2D eigenvalue weighted by Crippen LogP contribution is 2.23. The first-order chi connectivity index (χ1) is 11.8. The van der Waals surface area contributed by atoms with Crippen LogP contribution in [0.5, 0.6) is 0 Å². The van der Waals surface area contributed by atoms with E-state index in [0.717, 1.165) is 11.9 Å². The number of sulfone groups is 1. The maximum Gasteiger partial charge on any atom is 0.255 e. The summed E-state index contributed by atoms with van der Waals surface area (Å²) in [5, 5.41) is 3.70. The maximum absolute atomic E-state index is 12.3. The third-order valence-corrected chi connectivity index (χ3v) is 5.23. The number of fused-ring (bicyclic) bond motifs is 1. The summed E-state index contributed by atoms with van der Waals surface area (Å²) >= 11 is 0. The highest BCUT2D eigenvalue weighted by atomic mass is 32.2. The lowest BCUT2D eigenvalue weighted by Gasteiger charge is -2.10. The second-order valence-electron chi connectivity index (χ2n) is 5.89. The van der Waals surface area contributed by atoms with Gasteiger partial charge in [0.15, 0.2) is 9.84 Å². The summed E-state index contributed by atoms with van der Waals surface area (Å²) < 4.78 is 25.1. The molecule has 0 aliphatic carbocycles. The standard InChI is InChI=1S/C17H18N4O3S/c1-11-4-5-12(17(22)21(11)2)9-18-16-14-8-13(25(3,23)24)6-7-15(14)19-10-20-16/h4-8,10H,9H2,1-3H3,(H,18,19,20). The van der Waals surface area contributed by atoms with Crippen molar-refractivity contribution in [3.8, 4) is 0 Å². The van der Waals surface area contributed by atoms with Gasteiger partial charge >= 0.3 is 0 Å². The van der Waals surface area contributed by atoms with Crippen LogP contribution in [0.2, 0.25) is 0 Å². The van der Waals surface area contributed by atoms with Gasteiger partial charge in [0.25, 0.3) is 5.56 Å². The number of nitrogens with zero attached hydrogens (tertiary/aromatic N) is 3. The van der Waals surface area contributed by atoms with Crippen LogP contribution in [-0.2, 0) is 23.4 Å². The van der Waals surface area contributed by atoms with Crippen LogP contribution in [0.15, 0.2) is 46.3 Å².